The van der Waals surface area contributed by atoms with E-state index in [0.717, 1.165) is 16.9 Å². The molecule has 1 saturated carbocycles. The maximum atomic E-state index is 14.2. The summed E-state index contributed by atoms with van der Waals surface area (Å²) in [7, 11) is 0. The van der Waals surface area contributed by atoms with E-state index < -0.39 is 11.8 Å². The summed E-state index contributed by atoms with van der Waals surface area (Å²) in [5, 5.41) is 13.4. The van der Waals surface area contributed by atoms with E-state index in [4.69, 9.17) is 5.21 Å². The minimum absolute atomic E-state index is 0.174. The van der Waals surface area contributed by atoms with Gasteiger partial charge in [0, 0.05) is 18.0 Å². The number of hydrogen-bond acceptors (Lipinski definition) is 3. The number of aryl methyl sites for hydroxylation is 1. The third kappa shape index (κ3) is 2.78. The molecule has 1 heterocycles. The van der Waals surface area contributed by atoms with E-state index in [-0.39, 0.29) is 17.7 Å². The van der Waals surface area contributed by atoms with Gasteiger partial charge in [0.1, 0.15) is 5.82 Å². The molecule has 26 heavy (non-hydrogen) atoms. The van der Waals surface area contributed by atoms with Crippen LogP contribution in [0.1, 0.15) is 28.7 Å². The molecule has 0 spiro atoms. The van der Waals surface area contributed by atoms with Crippen molar-refractivity contribution in [2.24, 2.45) is 5.92 Å². The molecule has 0 saturated heterocycles. The fourth-order valence-corrected chi connectivity index (χ4v) is 3.67. The maximum Gasteiger partial charge on any atom is 0.247 e. The summed E-state index contributed by atoms with van der Waals surface area (Å²) in [6, 6.07) is 16.1. The molecule has 1 amide bonds. The standard InChI is InChI=1S/C20H18FN3O2/c1-12-10-11-24(22-12)14-8-6-13(7-9-14)17-18(19(17)20(25)23-26)15-4-2-3-5-16(15)21/h2-11,17-19,26H,1H3,(H,23,25). The Kier molecular flexibility index (Phi) is 4.05. The third-order valence-electron chi connectivity index (χ3n) is 4.96. The molecule has 1 aliphatic carbocycles. The summed E-state index contributed by atoms with van der Waals surface area (Å²) in [5.74, 6) is -1.78. The van der Waals surface area contributed by atoms with E-state index in [1.54, 1.807) is 28.4 Å². The van der Waals surface area contributed by atoms with Gasteiger partial charge >= 0.3 is 0 Å². The number of nitrogens with zero attached hydrogens (tertiary/aromatic N) is 2. The van der Waals surface area contributed by atoms with E-state index >= 15 is 0 Å². The van der Waals surface area contributed by atoms with Crippen LogP contribution in [0, 0.1) is 18.7 Å². The first-order valence-corrected chi connectivity index (χ1v) is 8.41. The van der Waals surface area contributed by atoms with E-state index in [1.165, 1.54) is 6.07 Å². The Morgan fingerprint density at radius 2 is 1.85 bits per heavy atom. The van der Waals surface area contributed by atoms with Crippen LogP contribution in [0.25, 0.3) is 5.69 Å². The van der Waals surface area contributed by atoms with Crippen LogP contribution >= 0.6 is 0 Å². The van der Waals surface area contributed by atoms with Crippen LogP contribution in [0.15, 0.2) is 60.8 Å². The number of hydrogen-bond donors (Lipinski definition) is 2. The molecule has 6 heteroatoms. The van der Waals surface area contributed by atoms with Crippen molar-refractivity contribution < 1.29 is 14.4 Å². The van der Waals surface area contributed by atoms with Gasteiger partial charge in [-0.15, -0.1) is 0 Å². The lowest BCUT2D eigenvalue weighted by atomic mass is 10.0. The van der Waals surface area contributed by atoms with Crippen LogP contribution in [0.5, 0.6) is 0 Å². The molecule has 3 unspecified atom stereocenters. The molecule has 0 radical (unpaired) electrons. The van der Waals surface area contributed by atoms with Crippen LogP contribution in [-0.2, 0) is 4.79 Å². The monoisotopic (exact) mass is 351 g/mol. The van der Waals surface area contributed by atoms with Crippen LogP contribution in [0.4, 0.5) is 4.39 Å². The van der Waals surface area contributed by atoms with Crippen molar-refractivity contribution in [3.63, 3.8) is 0 Å². The fourth-order valence-electron chi connectivity index (χ4n) is 3.67. The lowest BCUT2D eigenvalue weighted by molar-refractivity contribution is -0.130. The molecule has 2 aromatic carbocycles. The molecular formula is C20H18FN3O2. The van der Waals surface area contributed by atoms with Crippen molar-refractivity contribution in [1.82, 2.24) is 15.3 Å². The van der Waals surface area contributed by atoms with Gasteiger partial charge in [-0.2, -0.15) is 5.10 Å². The van der Waals surface area contributed by atoms with Gasteiger partial charge in [0.2, 0.25) is 5.91 Å². The molecule has 3 aromatic rings. The number of benzene rings is 2. The highest BCUT2D eigenvalue weighted by molar-refractivity contribution is 5.84. The molecule has 1 aromatic heterocycles. The smallest absolute Gasteiger partial charge is 0.247 e. The summed E-state index contributed by atoms with van der Waals surface area (Å²) in [5.41, 5.74) is 4.98. The Balaban J connectivity index is 1.65. The summed E-state index contributed by atoms with van der Waals surface area (Å²) < 4.78 is 16.0. The zero-order valence-electron chi connectivity index (χ0n) is 14.1. The van der Waals surface area contributed by atoms with E-state index in [1.807, 2.05) is 43.5 Å². The zero-order chi connectivity index (χ0) is 18.3. The van der Waals surface area contributed by atoms with Gasteiger partial charge in [-0.05, 0) is 42.3 Å². The third-order valence-corrected chi connectivity index (χ3v) is 4.96. The maximum absolute atomic E-state index is 14.2. The van der Waals surface area contributed by atoms with Crippen molar-refractivity contribution in [2.75, 3.05) is 0 Å². The number of halogens is 1. The lowest BCUT2D eigenvalue weighted by Gasteiger charge is -2.05. The minimum atomic E-state index is -0.491. The first kappa shape index (κ1) is 16.5. The second-order valence-corrected chi connectivity index (χ2v) is 6.57. The molecule has 1 aliphatic rings. The van der Waals surface area contributed by atoms with Gasteiger partial charge < -0.3 is 0 Å². The number of amides is 1. The van der Waals surface area contributed by atoms with E-state index in [9.17, 15) is 9.18 Å². The van der Waals surface area contributed by atoms with E-state index in [2.05, 4.69) is 5.10 Å². The Morgan fingerprint density at radius 3 is 2.46 bits per heavy atom. The predicted octanol–water partition coefficient (Wildman–Crippen LogP) is 3.32. The van der Waals surface area contributed by atoms with Gasteiger partial charge in [0.25, 0.3) is 0 Å². The Morgan fingerprint density at radius 1 is 1.12 bits per heavy atom. The quantitative estimate of drug-likeness (QED) is 0.560. The Hall–Kier alpha value is -2.99. The van der Waals surface area contributed by atoms with Gasteiger partial charge in [-0.25, -0.2) is 14.6 Å². The Bertz CT molecular complexity index is 952. The van der Waals surface area contributed by atoms with Crippen molar-refractivity contribution in [1.29, 1.82) is 0 Å². The molecule has 5 nitrogen and oxygen atoms in total. The highest BCUT2D eigenvalue weighted by Gasteiger charge is 2.56. The summed E-state index contributed by atoms with van der Waals surface area (Å²) >= 11 is 0. The van der Waals surface area contributed by atoms with Crippen LogP contribution in [0.2, 0.25) is 0 Å². The van der Waals surface area contributed by atoms with Gasteiger partial charge in [0.05, 0.1) is 17.3 Å². The average Bonchev–Trinajstić information content (AvgIpc) is 3.25. The predicted molar refractivity (Wildman–Crippen MR) is 93.6 cm³/mol. The van der Waals surface area contributed by atoms with Crippen LogP contribution in [0.3, 0.4) is 0 Å². The number of aromatic nitrogens is 2. The molecule has 1 fully saturated rings. The summed E-state index contributed by atoms with van der Waals surface area (Å²) in [4.78, 5) is 12.0. The Labute approximate surface area is 150 Å². The molecule has 132 valence electrons. The minimum Gasteiger partial charge on any atom is -0.289 e. The second-order valence-electron chi connectivity index (χ2n) is 6.57. The van der Waals surface area contributed by atoms with Gasteiger partial charge in [0.15, 0.2) is 0 Å². The number of nitrogens with one attached hydrogen (secondary N) is 1. The molecule has 4 rings (SSSR count). The second kappa shape index (κ2) is 6.38. The topological polar surface area (TPSA) is 67.2 Å². The molecule has 3 atom stereocenters. The number of carbonyl (C=O) groups is 1. The van der Waals surface area contributed by atoms with Crippen LogP contribution < -0.4 is 5.48 Å². The highest BCUT2D eigenvalue weighted by atomic mass is 19.1. The van der Waals surface area contributed by atoms with Crippen molar-refractivity contribution in [3.05, 3.63) is 83.4 Å². The number of hydroxylamine groups is 1. The zero-order valence-corrected chi connectivity index (χ0v) is 14.1. The lowest BCUT2D eigenvalue weighted by Crippen LogP contribution is -2.21. The van der Waals surface area contributed by atoms with Crippen LogP contribution in [-0.4, -0.2) is 20.9 Å². The van der Waals surface area contributed by atoms with Crippen molar-refractivity contribution in [3.8, 4) is 5.69 Å². The van der Waals surface area contributed by atoms with Crippen molar-refractivity contribution >= 4 is 5.91 Å². The first-order valence-electron chi connectivity index (χ1n) is 8.41. The van der Waals surface area contributed by atoms with Crippen molar-refractivity contribution in [2.45, 2.75) is 18.8 Å². The van der Waals surface area contributed by atoms with E-state index in [0.29, 0.717) is 5.56 Å². The summed E-state index contributed by atoms with van der Waals surface area (Å²) in [6.45, 7) is 1.92. The largest absolute Gasteiger partial charge is 0.289 e. The number of rotatable bonds is 4. The molecular weight excluding hydrogens is 333 g/mol. The molecule has 0 bridgehead atoms. The van der Waals surface area contributed by atoms with Gasteiger partial charge in [-0.1, -0.05) is 30.3 Å². The highest BCUT2D eigenvalue weighted by Crippen LogP contribution is 2.60. The first-order chi connectivity index (χ1) is 12.6. The molecule has 2 N–H and O–H groups in total. The fraction of sp³-hybridized carbons (Fsp3) is 0.200. The van der Waals surface area contributed by atoms with Gasteiger partial charge in [-0.3, -0.25) is 10.0 Å². The average molecular weight is 351 g/mol. The normalized spacial score (nSPS) is 21.4. The number of carbonyl (C=O) groups excluding carboxylic acids is 1. The molecule has 0 aliphatic heterocycles. The SMILES string of the molecule is Cc1ccn(-c2ccc(C3C(C(=O)NO)C3c3ccccc3F)cc2)n1. The summed E-state index contributed by atoms with van der Waals surface area (Å²) in [6.07, 6.45) is 1.88.